The summed E-state index contributed by atoms with van der Waals surface area (Å²) in [6.07, 6.45) is 0. The lowest BCUT2D eigenvalue weighted by atomic mass is 10.2. The van der Waals surface area contributed by atoms with Crippen molar-refractivity contribution >= 4 is 50.2 Å². The van der Waals surface area contributed by atoms with E-state index in [0.29, 0.717) is 10.7 Å². The molecule has 3 aromatic rings. The Labute approximate surface area is 126 Å². The van der Waals surface area contributed by atoms with Crippen LogP contribution in [0.15, 0.2) is 30.3 Å². The van der Waals surface area contributed by atoms with Gasteiger partial charge < -0.3 is 11.1 Å². The molecule has 20 heavy (non-hydrogen) atoms. The normalized spacial score (nSPS) is 10.9. The molecule has 0 radical (unpaired) electrons. The maximum Gasteiger partial charge on any atom is 0.0907 e. The van der Waals surface area contributed by atoms with E-state index in [1.54, 1.807) is 11.3 Å². The number of nitrogens with zero attached hydrogens (tertiary/aromatic N) is 1. The fourth-order valence-electron chi connectivity index (χ4n) is 2.08. The first-order chi connectivity index (χ1) is 9.52. The monoisotopic (exact) mass is 303 g/mol. The molecule has 0 aliphatic rings. The molecule has 0 aliphatic heterocycles. The molecule has 3 N–H and O–H groups in total. The van der Waals surface area contributed by atoms with E-state index in [9.17, 15) is 0 Å². The largest absolute Gasteiger partial charge is 0.397 e. The number of aromatic nitrogens is 1. The number of nitrogens with two attached hydrogens (primary N) is 1. The summed E-state index contributed by atoms with van der Waals surface area (Å²) in [4.78, 5) is 4.48. The summed E-state index contributed by atoms with van der Waals surface area (Å²) < 4.78 is 1.10. The van der Waals surface area contributed by atoms with Crippen LogP contribution in [0.5, 0.6) is 0 Å². The minimum absolute atomic E-state index is 0.680. The number of benzene rings is 2. The second-order valence-electron chi connectivity index (χ2n) is 4.75. The fraction of sp³-hybridized carbons (Fsp3) is 0.133. The molecule has 0 atom stereocenters. The molecule has 0 spiro atoms. The first-order valence-corrected chi connectivity index (χ1v) is 7.42. The van der Waals surface area contributed by atoms with Crippen molar-refractivity contribution in [2.45, 2.75) is 13.8 Å². The summed E-state index contributed by atoms with van der Waals surface area (Å²) in [5.41, 5.74) is 10.5. The standard InChI is InChI=1S/C15H14ClN3S/c1-8-3-4-12(10(16)5-8)19-13-7-14-15(6-11(13)17)20-9(2)18-14/h3-7,19H,17H2,1-2H3. The highest BCUT2D eigenvalue weighted by atomic mass is 35.5. The van der Waals surface area contributed by atoms with Crippen molar-refractivity contribution in [1.29, 1.82) is 0 Å². The van der Waals surface area contributed by atoms with Crippen LogP contribution in [0.2, 0.25) is 5.02 Å². The second-order valence-corrected chi connectivity index (χ2v) is 6.39. The van der Waals surface area contributed by atoms with Crippen molar-refractivity contribution in [1.82, 2.24) is 4.98 Å². The number of thiazole rings is 1. The Kier molecular flexibility index (Phi) is 3.28. The fourth-order valence-corrected chi connectivity index (χ4v) is 3.22. The Bertz CT molecular complexity index is 795. The van der Waals surface area contributed by atoms with E-state index in [1.165, 1.54) is 0 Å². The van der Waals surface area contributed by atoms with Crippen molar-refractivity contribution in [3.63, 3.8) is 0 Å². The average molecular weight is 304 g/mol. The molecule has 0 aliphatic carbocycles. The minimum Gasteiger partial charge on any atom is -0.397 e. The third-order valence-electron chi connectivity index (χ3n) is 3.06. The Morgan fingerprint density at radius 2 is 1.95 bits per heavy atom. The maximum atomic E-state index is 6.24. The van der Waals surface area contributed by atoms with Gasteiger partial charge in [0.25, 0.3) is 0 Å². The molecule has 5 heteroatoms. The first-order valence-electron chi connectivity index (χ1n) is 6.23. The quantitative estimate of drug-likeness (QED) is 0.663. The van der Waals surface area contributed by atoms with Gasteiger partial charge in [0.2, 0.25) is 0 Å². The summed E-state index contributed by atoms with van der Waals surface area (Å²) >= 11 is 7.88. The highest BCUT2D eigenvalue weighted by Gasteiger charge is 2.08. The summed E-state index contributed by atoms with van der Waals surface area (Å²) in [6, 6.07) is 9.80. The smallest absolute Gasteiger partial charge is 0.0907 e. The molecule has 0 bridgehead atoms. The predicted molar refractivity (Wildman–Crippen MR) is 88.2 cm³/mol. The van der Waals surface area contributed by atoms with E-state index in [-0.39, 0.29) is 0 Å². The van der Waals surface area contributed by atoms with Crippen molar-refractivity contribution in [3.05, 3.63) is 45.9 Å². The highest BCUT2D eigenvalue weighted by molar-refractivity contribution is 7.18. The van der Waals surface area contributed by atoms with E-state index in [0.717, 1.165) is 32.2 Å². The number of fused-ring (bicyclic) bond motifs is 1. The van der Waals surface area contributed by atoms with Crippen LogP contribution in [0.25, 0.3) is 10.2 Å². The van der Waals surface area contributed by atoms with Crippen LogP contribution in [0.1, 0.15) is 10.6 Å². The lowest BCUT2D eigenvalue weighted by Gasteiger charge is -2.11. The molecule has 3 rings (SSSR count). The molecule has 102 valence electrons. The zero-order valence-electron chi connectivity index (χ0n) is 11.2. The van der Waals surface area contributed by atoms with Crippen LogP contribution in [0.4, 0.5) is 17.1 Å². The second kappa shape index (κ2) is 4.96. The molecular weight excluding hydrogens is 290 g/mol. The minimum atomic E-state index is 0.680. The number of nitrogen functional groups attached to an aromatic ring is 1. The van der Waals surface area contributed by atoms with Gasteiger partial charge in [0.15, 0.2) is 0 Å². The van der Waals surface area contributed by atoms with Crippen molar-refractivity contribution < 1.29 is 0 Å². The zero-order chi connectivity index (χ0) is 14.3. The number of hydrogen-bond acceptors (Lipinski definition) is 4. The third kappa shape index (κ3) is 2.44. The predicted octanol–water partition coefficient (Wildman–Crippen LogP) is 4.89. The van der Waals surface area contributed by atoms with E-state index in [1.807, 2.05) is 44.2 Å². The molecule has 0 fully saturated rings. The Morgan fingerprint density at radius 1 is 1.15 bits per heavy atom. The van der Waals surface area contributed by atoms with Crippen LogP contribution in [0, 0.1) is 13.8 Å². The van der Waals surface area contributed by atoms with E-state index < -0.39 is 0 Å². The van der Waals surface area contributed by atoms with Crippen LogP contribution < -0.4 is 11.1 Å². The summed E-state index contributed by atoms with van der Waals surface area (Å²) in [6.45, 7) is 4.00. The molecule has 0 saturated heterocycles. The third-order valence-corrected chi connectivity index (χ3v) is 4.31. The van der Waals surface area contributed by atoms with Gasteiger partial charge in [-0.05, 0) is 43.7 Å². The van der Waals surface area contributed by atoms with Crippen LogP contribution >= 0.6 is 22.9 Å². The van der Waals surface area contributed by atoms with Crippen molar-refractivity contribution in [2.24, 2.45) is 0 Å². The van der Waals surface area contributed by atoms with Gasteiger partial charge in [-0.3, -0.25) is 0 Å². The van der Waals surface area contributed by atoms with E-state index >= 15 is 0 Å². The highest BCUT2D eigenvalue weighted by Crippen LogP contribution is 2.33. The first kappa shape index (κ1) is 13.2. The van der Waals surface area contributed by atoms with Crippen LogP contribution in [-0.4, -0.2) is 4.98 Å². The molecule has 1 aromatic heterocycles. The van der Waals surface area contributed by atoms with Gasteiger partial charge in [-0.15, -0.1) is 11.3 Å². The summed E-state index contributed by atoms with van der Waals surface area (Å²) in [7, 11) is 0. The Hall–Kier alpha value is -1.78. The maximum absolute atomic E-state index is 6.24. The number of anilines is 3. The lowest BCUT2D eigenvalue weighted by molar-refractivity contribution is 1.35. The Balaban J connectivity index is 2.03. The topological polar surface area (TPSA) is 50.9 Å². The van der Waals surface area contributed by atoms with Gasteiger partial charge in [0.05, 0.1) is 37.3 Å². The molecule has 3 nitrogen and oxygen atoms in total. The molecule has 1 heterocycles. The summed E-state index contributed by atoms with van der Waals surface area (Å²) in [5, 5.41) is 4.99. The number of aryl methyl sites for hydroxylation is 2. The lowest BCUT2D eigenvalue weighted by Crippen LogP contribution is -1.97. The number of hydrogen-bond donors (Lipinski definition) is 2. The number of nitrogens with one attached hydrogen (secondary N) is 1. The van der Waals surface area contributed by atoms with Crippen molar-refractivity contribution in [2.75, 3.05) is 11.1 Å². The van der Waals surface area contributed by atoms with E-state index in [4.69, 9.17) is 17.3 Å². The Morgan fingerprint density at radius 3 is 2.70 bits per heavy atom. The van der Waals surface area contributed by atoms with E-state index in [2.05, 4.69) is 10.3 Å². The number of rotatable bonds is 2. The van der Waals surface area contributed by atoms with Gasteiger partial charge in [-0.1, -0.05) is 17.7 Å². The van der Waals surface area contributed by atoms with Crippen LogP contribution in [-0.2, 0) is 0 Å². The molecule has 2 aromatic carbocycles. The average Bonchev–Trinajstić information content (AvgIpc) is 2.72. The molecular formula is C15H14ClN3S. The molecule has 0 amide bonds. The zero-order valence-corrected chi connectivity index (χ0v) is 12.8. The SMILES string of the molecule is Cc1ccc(Nc2cc3nc(C)sc3cc2N)c(Cl)c1. The van der Waals surface area contributed by atoms with Gasteiger partial charge in [0.1, 0.15) is 0 Å². The summed E-state index contributed by atoms with van der Waals surface area (Å²) in [5.74, 6) is 0. The van der Waals surface area contributed by atoms with Gasteiger partial charge in [-0.25, -0.2) is 4.98 Å². The van der Waals surface area contributed by atoms with Gasteiger partial charge in [0, 0.05) is 0 Å². The molecule has 0 unspecified atom stereocenters. The number of halogens is 1. The van der Waals surface area contributed by atoms with Gasteiger partial charge >= 0.3 is 0 Å². The van der Waals surface area contributed by atoms with Crippen molar-refractivity contribution in [3.8, 4) is 0 Å². The van der Waals surface area contributed by atoms with Crippen LogP contribution in [0.3, 0.4) is 0 Å². The van der Waals surface area contributed by atoms with Gasteiger partial charge in [-0.2, -0.15) is 0 Å². The molecule has 0 saturated carbocycles.